The predicted octanol–water partition coefficient (Wildman–Crippen LogP) is 2.62. The van der Waals surface area contributed by atoms with E-state index in [2.05, 4.69) is 15.1 Å². The maximum absolute atomic E-state index is 12.0. The first-order valence-corrected chi connectivity index (χ1v) is 8.78. The summed E-state index contributed by atoms with van der Waals surface area (Å²) in [6.07, 6.45) is -0.693. The van der Waals surface area contributed by atoms with Crippen LogP contribution in [0.4, 0.5) is 4.79 Å². The van der Waals surface area contributed by atoms with E-state index in [1.54, 1.807) is 21.1 Å². The zero-order chi connectivity index (χ0) is 18.2. The number of amides is 2. The molecule has 0 aromatic heterocycles. The Kier molecular flexibility index (Phi) is 9.06. The monoisotopic (exact) mass is 364 g/mol. The molecule has 0 spiro atoms. The third-order valence-corrected chi connectivity index (χ3v) is 5.39. The first-order chi connectivity index (χ1) is 10.5. The van der Waals surface area contributed by atoms with Gasteiger partial charge in [0.05, 0.1) is 0 Å². The van der Waals surface area contributed by atoms with Crippen LogP contribution in [-0.2, 0) is 14.5 Å². The van der Waals surface area contributed by atoms with Crippen molar-refractivity contribution in [3.8, 4) is 0 Å². The van der Waals surface area contributed by atoms with Gasteiger partial charge in [0.15, 0.2) is 5.71 Å². The summed E-state index contributed by atoms with van der Waals surface area (Å²) in [4.78, 5) is 34.7. The molecule has 10 heteroatoms. The van der Waals surface area contributed by atoms with Gasteiger partial charge in [-0.3, -0.25) is 9.63 Å². The predicted molar refractivity (Wildman–Crippen MR) is 95.4 cm³/mol. The van der Waals surface area contributed by atoms with Gasteiger partial charge in [-0.05, 0) is 6.92 Å². The van der Waals surface area contributed by atoms with Crippen LogP contribution >= 0.6 is 21.8 Å². The highest BCUT2D eigenvalue weighted by atomic mass is 33.1. The van der Waals surface area contributed by atoms with Crippen molar-refractivity contribution in [1.82, 2.24) is 9.21 Å². The van der Waals surface area contributed by atoms with Crippen LogP contribution in [-0.4, -0.2) is 65.6 Å². The molecule has 0 saturated heterocycles. The number of hydrogen-bond acceptors (Lipinski definition) is 8. The van der Waals surface area contributed by atoms with Crippen molar-refractivity contribution >= 4 is 45.2 Å². The van der Waals surface area contributed by atoms with E-state index in [4.69, 9.17) is 4.84 Å². The normalized spacial score (nSPS) is 12.7. The van der Waals surface area contributed by atoms with Crippen molar-refractivity contribution < 1.29 is 19.3 Å². The maximum atomic E-state index is 12.0. The lowest BCUT2D eigenvalue weighted by Crippen LogP contribution is -2.35. The Labute approximate surface area is 145 Å². The molecule has 0 saturated carbocycles. The summed E-state index contributed by atoms with van der Waals surface area (Å²) in [6, 6.07) is 0. The minimum absolute atomic E-state index is 0.0176. The van der Waals surface area contributed by atoms with Crippen LogP contribution < -0.4 is 0 Å². The van der Waals surface area contributed by atoms with Crippen LogP contribution in [0.1, 0.15) is 27.7 Å². The molecule has 23 heavy (non-hydrogen) atoms. The Balaban J connectivity index is 4.98. The number of carbonyl (C=O) groups is 2. The number of nitrogens with zero attached hydrogens (tertiary/aromatic N) is 4. The summed E-state index contributed by atoms with van der Waals surface area (Å²) < 4.78 is 1.27. The van der Waals surface area contributed by atoms with Gasteiger partial charge in [-0.1, -0.05) is 41.9 Å². The van der Waals surface area contributed by atoms with E-state index in [1.165, 1.54) is 45.0 Å². The third kappa shape index (κ3) is 8.70. The van der Waals surface area contributed by atoms with E-state index in [1.807, 2.05) is 20.8 Å². The molecular weight excluding hydrogens is 340 g/mol. The van der Waals surface area contributed by atoms with Gasteiger partial charge in [-0.2, -0.15) is 0 Å². The van der Waals surface area contributed by atoms with Crippen LogP contribution in [0.25, 0.3) is 0 Å². The van der Waals surface area contributed by atoms with E-state index in [0.29, 0.717) is 0 Å². The second kappa shape index (κ2) is 9.66. The first kappa shape index (κ1) is 21.6. The van der Waals surface area contributed by atoms with Gasteiger partial charge in [0.1, 0.15) is 12.8 Å². The molecule has 0 atom stereocenters. The molecular formula is C13H24N4O4S2. The molecule has 0 fully saturated rings. The fourth-order valence-electron chi connectivity index (χ4n) is 0.992. The van der Waals surface area contributed by atoms with E-state index in [0.717, 1.165) is 0 Å². The van der Waals surface area contributed by atoms with E-state index in [9.17, 15) is 9.59 Å². The van der Waals surface area contributed by atoms with Crippen molar-refractivity contribution in [2.45, 2.75) is 32.4 Å². The SMILES string of the molecule is CO/N=C(C)/C(=N\OC(=O)N(C)SSC(C)(C)C)C(=O)N(C)C. The number of oxime groups is 2. The minimum atomic E-state index is -0.693. The fourth-order valence-corrected chi connectivity index (χ4v) is 2.61. The van der Waals surface area contributed by atoms with Gasteiger partial charge >= 0.3 is 6.09 Å². The summed E-state index contributed by atoms with van der Waals surface area (Å²) in [6.45, 7) is 7.62. The summed E-state index contributed by atoms with van der Waals surface area (Å²) in [5.41, 5.74) is 0.102. The first-order valence-electron chi connectivity index (χ1n) is 6.68. The molecule has 0 aromatic carbocycles. The lowest BCUT2D eigenvalue weighted by atomic mass is 10.2. The van der Waals surface area contributed by atoms with E-state index >= 15 is 0 Å². The smallest absolute Gasteiger partial charge is 0.399 e. The van der Waals surface area contributed by atoms with Gasteiger partial charge in [0, 0.05) is 36.9 Å². The lowest BCUT2D eigenvalue weighted by molar-refractivity contribution is -0.121. The Bertz CT molecular complexity index is 487. The maximum Gasteiger partial charge on any atom is 0.446 e. The summed E-state index contributed by atoms with van der Waals surface area (Å²) >= 11 is 0. The van der Waals surface area contributed by atoms with E-state index < -0.39 is 12.0 Å². The second-order valence-electron chi connectivity index (χ2n) is 5.62. The molecule has 8 nitrogen and oxygen atoms in total. The molecule has 132 valence electrons. The average Bonchev–Trinajstić information content (AvgIpc) is 2.43. The van der Waals surface area contributed by atoms with Gasteiger partial charge in [-0.15, -0.1) is 0 Å². The van der Waals surface area contributed by atoms with Crippen LogP contribution in [0.5, 0.6) is 0 Å². The standard InChI is InChI=1S/C13H24N4O4S2/c1-9(14-20-8)10(11(18)16(5)6)15-21-12(19)17(7)23-22-13(2,3)4/h1-8H3/b14-9+,15-10+. The van der Waals surface area contributed by atoms with Gasteiger partial charge in [0.25, 0.3) is 5.91 Å². The van der Waals surface area contributed by atoms with Crippen LogP contribution in [0.15, 0.2) is 10.3 Å². The highest BCUT2D eigenvalue weighted by molar-refractivity contribution is 8.76. The largest absolute Gasteiger partial charge is 0.446 e. The number of hydrogen-bond donors (Lipinski definition) is 0. The van der Waals surface area contributed by atoms with Crippen LogP contribution in [0.3, 0.4) is 0 Å². The zero-order valence-electron chi connectivity index (χ0n) is 14.7. The van der Waals surface area contributed by atoms with E-state index in [-0.39, 0.29) is 16.2 Å². The molecule has 0 rings (SSSR count). The number of rotatable bonds is 6. The molecule has 0 aromatic rings. The van der Waals surface area contributed by atoms with Crippen molar-refractivity contribution in [2.24, 2.45) is 10.3 Å². The second-order valence-corrected chi connectivity index (χ2v) is 8.66. The molecule has 0 bridgehead atoms. The molecule has 0 unspecified atom stereocenters. The molecule has 2 amide bonds. The minimum Gasteiger partial charge on any atom is -0.399 e. The van der Waals surface area contributed by atoms with Crippen LogP contribution in [0.2, 0.25) is 0 Å². The van der Waals surface area contributed by atoms with Crippen LogP contribution in [0, 0.1) is 0 Å². The Morgan fingerprint density at radius 1 is 1.09 bits per heavy atom. The quantitative estimate of drug-likeness (QED) is 0.237. The van der Waals surface area contributed by atoms with Crippen molar-refractivity contribution in [3.63, 3.8) is 0 Å². The molecule has 0 aliphatic carbocycles. The number of carbonyl (C=O) groups excluding carboxylic acids is 2. The Morgan fingerprint density at radius 3 is 2.09 bits per heavy atom. The molecule has 0 aliphatic heterocycles. The highest BCUT2D eigenvalue weighted by Gasteiger charge is 2.22. The van der Waals surface area contributed by atoms with Gasteiger partial charge in [-0.25, -0.2) is 9.10 Å². The zero-order valence-corrected chi connectivity index (χ0v) is 16.4. The van der Waals surface area contributed by atoms with Crippen molar-refractivity contribution in [2.75, 3.05) is 28.3 Å². The summed E-state index contributed by atoms with van der Waals surface area (Å²) in [5.74, 6) is -0.449. The fraction of sp³-hybridized carbons (Fsp3) is 0.692. The molecule has 0 aliphatic rings. The Morgan fingerprint density at radius 2 is 1.65 bits per heavy atom. The third-order valence-electron chi connectivity index (χ3n) is 2.05. The van der Waals surface area contributed by atoms with Gasteiger partial charge < -0.3 is 9.74 Å². The molecule has 0 N–H and O–H groups in total. The van der Waals surface area contributed by atoms with Crippen molar-refractivity contribution in [1.29, 1.82) is 0 Å². The van der Waals surface area contributed by atoms with Crippen molar-refractivity contribution in [3.05, 3.63) is 0 Å². The summed E-state index contributed by atoms with van der Waals surface area (Å²) in [5, 5.41) is 7.27. The summed E-state index contributed by atoms with van der Waals surface area (Å²) in [7, 11) is 8.76. The topological polar surface area (TPSA) is 83.8 Å². The molecule has 0 heterocycles. The van der Waals surface area contributed by atoms with Gasteiger partial charge in [0.2, 0.25) is 0 Å². The highest BCUT2D eigenvalue weighted by Crippen LogP contribution is 2.36. The average molecular weight is 364 g/mol. The Hall–Kier alpha value is -1.42. The molecule has 0 radical (unpaired) electrons. The lowest BCUT2D eigenvalue weighted by Gasteiger charge is -2.20.